The van der Waals surface area contributed by atoms with Gasteiger partial charge in [-0.1, -0.05) is 13.8 Å². The number of carbonyl (C=O) groups excluding carboxylic acids is 2. The monoisotopic (exact) mass is 260 g/mol. The van der Waals surface area contributed by atoms with Crippen LogP contribution >= 0.6 is 0 Å². The first-order valence-corrected chi connectivity index (χ1v) is 6.54. The number of ketones is 1. The molecule has 1 aromatic rings. The summed E-state index contributed by atoms with van der Waals surface area (Å²) in [7, 11) is 0. The highest BCUT2D eigenvalue weighted by Gasteiger charge is 2.31. The number of hydrogen-bond acceptors (Lipinski definition) is 2. The van der Waals surface area contributed by atoms with E-state index in [0.29, 0.717) is 5.56 Å². The van der Waals surface area contributed by atoms with E-state index in [9.17, 15) is 9.59 Å². The van der Waals surface area contributed by atoms with Crippen LogP contribution in [0.4, 0.5) is 10.5 Å². The molecule has 2 rings (SSSR count). The quantitative estimate of drug-likeness (QED) is 0.830. The minimum absolute atomic E-state index is 0.0270. The minimum atomic E-state index is -0.0684. The Bertz CT molecular complexity index is 491. The maximum Gasteiger partial charge on any atom is 0.321 e. The highest BCUT2D eigenvalue weighted by atomic mass is 16.2. The maximum atomic E-state index is 12.1. The summed E-state index contributed by atoms with van der Waals surface area (Å²) in [5, 5.41) is 2.86. The van der Waals surface area contributed by atoms with Crippen LogP contribution in [0, 0.1) is 5.41 Å². The zero-order chi connectivity index (χ0) is 14.0. The summed E-state index contributed by atoms with van der Waals surface area (Å²) >= 11 is 0. The number of nitrogens with one attached hydrogen (secondary N) is 1. The van der Waals surface area contributed by atoms with Gasteiger partial charge in [-0.25, -0.2) is 4.79 Å². The van der Waals surface area contributed by atoms with Crippen molar-refractivity contribution in [2.24, 2.45) is 5.41 Å². The van der Waals surface area contributed by atoms with E-state index in [4.69, 9.17) is 0 Å². The summed E-state index contributed by atoms with van der Waals surface area (Å²) < 4.78 is 0. The van der Waals surface area contributed by atoms with Gasteiger partial charge < -0.3 is 10.2 Å². The molecule has 1 N–H and O–H groups in total. The fourth-order valence-electron chi connectivity index (χ4n) is 2.28. The number of anilines is 1. The summed E-state index contributed by atoms with van der Waals surface area (Å²) in [5.41, 5.74) is 1.58. The van der Waals surface area contributed by atoms with E-state index in [0.717, 1.165) is 25.2 Å². The Morgan fingerprint density at radius 2 is 1.84 bits per heavy atom. The fourth-order valence-corrected chi connectivity index (χ4v) is 2.28. The van der Waals surface area contributed by atoms with Gasteiger partial charge in [0, 0.05) is 24.3 Å². The van der Waals surface area contributed by atoms with E-state index in [1.165, 1.54) is 6.92 Å². The van der Waals surface area contributed by atoms with Crippen molar-refractivity contribution in [2.75, 3.05) is 18.4 Å². The zero-order valence-corrected chi connectivity index (χ0v) is 11.7. The first-order chi connectivity index (χ1) is 8.87. The second kappa shape index (κ2) is 5.03. The molecule has 1 aromatic carbocycles. The Kier molecular flexibility index (Phi) is 3.60. The second-order valence-electron chi connectivity index (χ2n) is 5.90. The van der Waals surface area contributed by atoms with Crippen molar-refractivity contribution in [3.63, 3.8) is 0 Å². The Morgan fingerprint density at radius 3 is 2.32 bits per heavy atom. The molecular formula is C15H20N2O2. The van der Waals surface area contributed by atoms with Crippen molar-refractivity contribution in [3.05, 3.63) is 29.8 Å². The van der Waals surface area contributed by atoms with E-state index in [2.05, 4.69) is 19.2 Å². The number of urea groups is 1. The van der Waals surface area contributed by atoms with Crippen LogP contribution in [0.1, 0.15) is 37.6 Å². The normalized spacial score (nSPS) is 17.3. The molecule has 2 amide bonds. The van der Waals surface area contributed by atoms with E-state index in [1.807, 2.05) is 4.90 Å². The number of Topliss-reactive ketones (excluding diaryl/α,β-unsaturated/α-hetero) is 1. The molecule has 4 nitrogen and oxygen atoms in total. The molecule has 1 aliphatic rings. The largest absolute Gasteiger partial charge is 0.324 e. The van der Waals surface area contributed by atoms with Crippen LogP contribution in [-0.2, 0) is 0 Å². The molecule has 19 heavy (non-hydrogen) atoms. The van der Waals surface area contributed by atoms with Crippen LogP contribution in [0.2, 0.25) is 0 Å². The standard InChI is InChI=1S/C15H20N2O2/c1-11(18)12-4-6-13(7-5-12)16-14(19)17-9-8-15(2,3)10-17/h4-7H,8-10H2,1-3H3,(H,16,19). The molecule has 0 atom stereocenters. The average Bonchev–Trinajstić information content (AvgIpc) is 2.70. The summed E-state index contributed by atoms with van der Waals surface area (Å²) in [4.78, 5) is 25.1. The van der Waals surface area contributed by atoms with E-state index in [-0.39, 0.29) is 17.2 Å². The number of benzene rings is 1. The molecule has 4 heteroatoms. The molecule has 0 aromatic heterocycles. The lowest BCUT2D eigenvalue weighted by atomic mass is 9.93. The number of rotatable bonds is 2. The minimum Gasteiger partial charge on any atom is -0.324 e. The second-order valence-corrected chi connectivity index (χ2v) is 5.90. The molecule has 0 radical (unpaired) electrons. The zero-order valence-electron chi connectivity index (χ0n) is 11.7. The van der Waals surface area contributed by atoms with Gasteiger partial charge in [0.25, 0.3) is 0 Å². The predicted molar refractivity (Wildman–Crippen MR) is 75.4 cm³/mol. The smallest absolute Gasteiger partial charge is 0.321 e. The van der Waals surface area contributed by atoms with Crippen LogP contribution in [0.15, 0.2) is 24.3 Å². The van der Waals surface area contributed by atoms with Gasteiger partial charge in [-0.3, -0.25) is 4.79 Å². The van der Waals surface area contributed by atoms with Gasteiger partial charge in [0.1, 0.15) is 0 Å². The third kappa shape index (κ3) is 3.34. The Balaban J connectivity index is 1.98. The third-order valence-corrected chi connectivity index (χ3v) is 3.51. The maximum absolute atomic E-state index is 12.1. The van der Waals surface area contributed by atoms with Gasteiger partial charge in [-0.2, -0.15) is 0 Å². The Morgan fingerprint density at radius 1 is 1.21 bits per heavy atom. The number of nitrogens with zero attached hydrogens (tertiary/aromatic N) is 1. The van der Waals surface area contributed by atoms with E-state index in [1.54, 1.807) is 24.3 Å². The van der Waals surface area contributed by atoms with Crippen molar-refractivity contribution in [3.8, 4) is 0 Å². The molecule has 0 bridgehead atoms. The molecule has 1 aliphatic heterocycles. The molecule has 102 valence electrons. The average molecular weight is 260 g/mol. The predicted octanol–water partition coefficient (Wildman–Crippen LogP) is 3.15. The number of hydrogen-bond donors (Lipinski definition) is 1. The van der Waals surface area contributed by atoms with Crippen molar-refractivity contribution in [1.29, 1.82) is 0 Å². The van der Waals surface area contributed by atoms with Crippen LogP contribution in [0.3, 0.4) is 0 Å². The van der Waals surface area contributed by atoms with Crippen molar-refractivity contribution in [1.82, 2.24) is 4.90 Å². The molecule has 1 heterocycles. The van der Waals surface area contributed by atoms with Crippen molar-refractivity contribution in [2.45, 2.75) is 27.2 Å². The molecule has 1 fully saturated rings. The lowest BCUT2D eigenvalue weighted by Gasteiger charge is -2.20. The Labute approximate surface area is 113 Å². The summed E-state index contributed by atoms with van der Waals surface area (Å²) in [6.07, 6.45) is 1.03. The summed E-state index contributed by atoms with van der Waals surface area (Å²) in [6, 6.07) is 6.91. The van der Waals surface area contributed by atoms with Crippen LogP contribution in [0.25, 0.3) is 0 Å². The van der Waals surface area contributed by atoms with Gasteiger partial charge >= 0.3 is 6.03 Å². The van der Waals surface area contributed by atoms with E-state index >= 15 is 0 Å². The molecule has 0 spiro atoms. The molecule has 0 saturated carbocycles. The van der Waals surface area contributed by atoms with Gasteiger partial charge in [-0.15, -0.1) is 0 Å². The van der Waals surface area contributed by atoms with Gasteiger partial charge in [0.2, 0.25) is 0 Å². The van der Waals surface area contributed by atoms with Gasteiger partial charge in [-0.05, 0) is 43.0 Å². The molecule has 0 unspecified atom stereocenters. The SMILES string of the molecule is CC(=O)c1ccc(NC(=O)N2CCC(C)(C)C2)cc1. The number of likely N-dealkylation sites (tertiary alicyclic amines) is 1. The molecule has 0 aliphatic carbocycles. The van der Waals surface area contributed by atoms with Crippen molar-refractivity contribution < 1.29 is 9.59 Å². The van der Waals surface area contributed by atoms with Crippen LogP contribution in [-0.4, -0.2) is 29.8 Å². The first-order valence-electron chi connectivity index (χ1n) is 6.54. The third-order valence-electron chi connectivity index (χ3n) is 3.51. The van der Waals surface area contributed by atoms with Gasteiger partial charge in [0.05, 0.1) is 0 Å². The fraction of sp³-hybridized carbons (Fsp3) is 0.467. The first kappa shape index (κ1) is 13.6. The van der Waals surface area contributed by atoms with Crippen LogP contribution < -0.4 is 5.32 Å². The lowest BCUT2D eigenvalue weighted by Crippen LogP contribution is -2.34. The number of amides is 2. The highest BCUT2D eigenvalue weighted by molar-refractivity contribution is 5.95. The van der Waals surface area contributed by atoms with Crippen LogP contribution in [0.5, 0.6) is 0 Å². The summed E-state index contributed by atoms with van der Waals surface area (Å²) in [6.45, 7) is 7.44. The van der Waals surface area contributed by atoms with Crippen molar-refractivity contribution >= 4 is 17.5 Å². The molecule has 1 saturated heterocycles. The van der Waals surface area contributed by atoms with E-state index < -0.39 is 0 Å². The number of carbonyl (C=O) groups is 2. The topological polar surface area (TPSA) is 49.4 Å². The molecular weight excluding hydrogens is 240 g/mol. The summed E-state index contributed by atoms with van der Waals surface area (Å²) in [5.74, 6) is 0.0270. The highest BCUT2D eigenvalue weighted by Crippen LogP contribution is 2.29. The lowest BCUT2D eigenvalue weighted by molar-refractivity contribution is 0.101. The Hall–Kier alpha value is -1.84. The van der Waals surface area contributed by atoms with Gasteiger partial charge in [0.15, 0.2) is 5.78 Å².